The van der Waals surface area contributed by atoms with Crippen molar-refractivity contribution in [1.29, 1.82) is 0 Å². The monoisotopic (exact) mass is 506 g/mol. The molecular formula is C31H54OS2. The molecule has 1 N–H and O–H groups in total. The summed E-state index contributed by atoms with van der Waals surface area (Å²) < 4.78 is 0.661. The molecule has 0 aromatic rings. The molecule has 10 atom stereocenters. The average Bonchev–Trinajstić information content (AvgIpc) is 3.16. The highest BCUT2D eigenvalue weighted by molar-refractivity contribution is 8.17. The molecule has 4 saturated carbocycles. The first-order chi connectivity index (χ1) is 16.2. The molecule has 1 heterocycles. The molecule has 0 aromatic heterocycles. The molecule has 3 unspecified atom stereocenters. The zero-order valence-corrected chi connectivity index (χ0v) is 24.6. The molecule has 196 valence electrons. The van der Waals surface area contributed by atoms with E-state index in [2.05, 4.69) is 58.1 Å². The lowest BCUT2D eigenvalue weighted by atomic mass is 9.43. The van der Waals surface area contributed by atoms with Gasteiger partial charge in [-0.15, -0.1) is 23.5 Å². The van der Waals surface area contributed by atoms with Gasteiger partial charge in [-0.25, -0.2) is 0 Å². The number of rotatable bonds is 6. The fraction of sp³-hybridized carbons (Fsp3) is 1.00. The Balaban J connectivity index is 1.27. The molecule has 0 amide bonds. The number of aliphatic hydroxyl groups is 1. The Morgan fingerprint density at radius 2 is 1.59 bits per heavy atom. The van der Waals surface area contributed by atoms with Crippen LogP contribution in [0.4, 0.5) is 0 Å². The summed E-state index contributed by atoms with van der Waals surface area (Å²) in [4.78, 5) is 0. The van der Waals surface area contributed by atoms with E-state index in [-0.39, 0.29) is 6.10 Å². The summed E-state index contributed by atoms with van der Waals surface area (Å²) >= 11 is 4.32. The Labute approximate surface area is 220 Å². The van der Waals surface area contributed by atoms with E-state index >= 15 is 0 Å². The van der Waals surface area contributed by atoms with Gasteiger partial charge >= 0.3 is 0 Å². The lowest BCUT2D eigenvalue weighted by molar-refractivity contribution is -0.144. The van der Waals surface area contributed by atoms with Crippen molar-refractivity contribution in [3.63, 3.8) is 0 Å². The van der Waals surface area contributed by atoms with E-state index in [1.165, 1.54) is 82.1 Å². The average molecular weight is 507 g/mol. The summed E-state index contributed by atoms with van der Waals surface area (Å²) in [6.07, 6.45) is 16.8. The number of hydrogen-bond donors (Lipinski definition) is 1. The SMILES string of the molecule is CC(C)CCC[C@@H](C)[C@H]1CCC2C3CC[C@H]4C[C@H](C5SCCCS5)[C@@H](O)C[C@]4(C)C3CC[C@@]21C. The summed E-state index contributed by atoms with van der Waals surface area (Å²) in [5, 5.41) is 11.5. The largest absolute Gasteiger partial charge is 0.393 e. The van der Waals surface area contributed by atoms with Gasteiger partial charge in [-0.05, 0) is 122 Å². The normalized spacial score (nSPS) is 48.3. The fourth-order valence-electron chi connectivity index (χ4n) is 10.4. The van der Waals surface area contributed by atoms with Crippen LogP contribution in [0.25, 0.3) is 0 Å². The molecule has 0 radical (unpaired) electrons. The van der Waals surface area contributed by atoms with Gasteiger partial charge in [-0.3, -0.25) is 0 Å². The zero-order valence-electron chi connectivity index (χ0n) is 22.9. The molecular weight excluding hydrogens is 452 g/mol. The first-order valence-electron chi connectivity index (χ1n) is 15.1. The van der Waals surface area contributed by atoms with Crippen LogP contribution >= 0.6 is 23.5 Å². The first-order valence-corrected chi connectivity index (χ1v) is 17.2. The van der Waals surface area contributed by atoms with Crippen molar-refractivity contribution in [1.82, 2.24) is 0 Å². The zero-order chi connectivity index (χ0) is 24.1. The highest BCUT2D eigenvalue weighted by Crippen LogP contribution is 2.69. The number of hydrogen-bond acceptors (Lipinski definition) is 3. The van der Waals surface area contributed by atoms with Crippen LogP contribution in [0.15, 0.2) is 0 Å². The van der Waals surface area contributed by atoms with E-state index < -0.39 is 0 Å². The molecule has 3 heteroatoms. The van der Waals surface area contributed by atoms with Crippen molar-refractivity contribution < 1.29 is 5.11 Å². The highest BCUT2D eigenvalue weighted by Gasteiger charge is 2.61. The molecule has 0 spiro atoms. The smallest absolute Gasteiger partial charge is 0.0592 e. The number of fused-ring (bicyclic) bond motifs is 5. The topological polar surface area (TPSA) is 20.2 Å². The van der Waals surface area contributed by atoms with E-state index in [0.717, 1.165) is 47.8 Å². The molecule has 1 nitrogen and oxygen atoms in total. The number of aliphatic hydroxyl groups excluding tert-OH is 1. The molecule has 1 aliphatic heterocycles. The molecule has 0 bridgehead atoms. The second kappa shape index (κ2) is 10.4. The van der Waals surface area contributed by atoms with Gasteiger partial charge in [-0.2, -0.15) is 0 Å². The van der Waals surface area contributed by atoms with Crippen LogP contribution < -0.4 is 0 Å². The van der Waals surface area contributed by atoms with E-state index in [9.17, 15) is 5.11 Å². The fourth-order valence-corrected chi connectivity index (χ4v) is 13.7. The van der Waals surface area contributed by atoms with Crippen LogP contribution in [0.2, 0.25) is 0 Å². The van der Waals surface area contributed by atoms with Gasteiger partial charge in [0, 0.05) is 5.92 Å². The quantitative estimate of drug-likeness (QED) is 0.388. The van der Waals surface area contributed by atoms with Crippen molar-refractivity contribution in [2.45, 2.75) is 122 Å². The summed E-state index contributed by atoms with van der Waals surface area (Å²) in [5.41, 5.74) is 0.984. The minimum atomic E-state index is -0.0614. The van der Waals surface area contributed by atoms with Crippen LogP contribution in [0, 0.1) is 58.2 Å². The van der Waals surface area contributed by atoms with Gasteiger partial charge in [0.2, 0.25) is 0 Å². The molecule has 5 rings (SSSR count). The maximum Gasteiger partial charge on any atom is 0.0592 e. The molecule has 1 saturated heterocycles. The van der Waals surface area contributed by atoms with Crippen molar-refractivity contribution in [2.75, 3.05) is 11.5 Å². The van der Waals surface area contributed by atoms with Gasteiger partial charge in [0.05, 0.1) is 10.7 Å². The Hall–Kier alpha value is 0.660. The van der Waals surface area contributed by atoms with Crippen molar-refractivity contribution in [2.24, 2.45) is 58.2 Å². The lowest BCUT2D eigenvalue weighted by Crippen LogP contribution is -2.56. The van der Waals surface area contributed by atoms with Gasteiger partial charge < -0.3 is 5.11 Å². The predicted octanol–water partition coefficient (Wildman–Crippen LogP) is 8.89. The molecule has 5 fully saturated rings. The molecule has 34 heavy (non-hydrogen) atoms. The summed E-state index contributed by atoms with van der Waals surface area (Å²) in [6, 6.07) is 0. The third-order valence-electron chi connectivity index (χ3n) is 12.2. The van der Waals surface area contributed by atoms with Crippen LogP contribution in [0.1, 0.15) is 112 Å². The third-order valence-corrected chi connectivity index (χ3v) is 15.4. The molecule has 4 aliphatic carbocycles. The predicted molar refractivity (Wildman–Crippen MR) is 151 cm³/mol. The maximum atomic E-state index is 11.5. The second-order valence-corrected chi connectivity index (χ2v) is 17.1. The van der Waals surface area contributed by atoms with Crippen LogP contribution in [-0.2, 0) is 0 Å². The summed E-state index contributed by atoms with van der Waals surface area (Å²) in [6.45, 7) is 12.7. The van der Waals surface area contributed by atoms with Crippen LogP contribution in [-0.4, -0.2) is 27.3 Å². The summed E-state index contributed by atoms with van der Waals surface area (Å²) in [7, 11) is 0. The Morgan fingerprint density at radius 1 is 0.853 bits per heavy atom. The lowest BCUT2D eigenvalue weighted by Gasteiger charge is -2.62. The van der Waals surface area contributed by atoms with Gasteiger partial charge in [0.1, 0.15) is 0 Å². The van der Waals surface area contributed by atoms with Gasteiger partial charge in [-0.1, -0.05) is 53.9 Å². The van der Waals surface area contributed by atoms with Crippen molar-refractivity contribution in [3.8, 4) is 0 Å². The Kier molecular flexibility index (Phi) is 8.06. The summed E-state index contributed by atoms with van der Waals surface area (Å²) in [5.74, 6) is 9.51. The first kappa shape index (κ1) is 26.3. The van der Waals surface area contributed by atoms with E-state index in [0.29, 0.717) is 21.3 Å². The van der Waals surface area contributed by atoms with Crippen molar-refractivity contribution in [3.05, 3.63) is 0 Å². The standard InChI is InChI=1S/C31H54OS2/c1-20(2)8-6-9-21(3)25-12-13-26-23-11-10-22-18-24(29-33-16-7-17-34-29)28(32)19-31(22,5)27(23)14-15-30(25,26)4/h20-29,32H,6-19H2,1-5H3/t21-,22+,23?,24+,25-,26?,27?,28+,30-,31+/m1/s1. The minimum Gasteiger partial charge on any atom is -0.393 e. The molecule has 0 aromatic carbocycles. The van der Waals surface area contributed by atoms with Gasteiger partial charge in [0.15, 0.2) is 0 Å². The highest BCUT2D eigenvalue weighted by atomic mass is 32.2. The molecule has 5 aliphatic rings. The van der Waals surface area contributed by atoms with Gasteiger partial charge in [0.25, 0.3) is 0 Å². The van der Waals surface area contributed by atoms with Crippen LogP contribution in [0.5, 0.6) is 0 Å². The number of thioether (sulfide) groups is 2. The Morgan fingerprint density at radius 3 is 2.32 bits per heavy atom. The van der Waals surface area contributed by atoms with E-state index in [4.69, 9.17) is 0 Å². The maximum absolute atomic E-state index is 11.5. The third kappa shape index (κ3) is 4.68. The van der Waals surface area contributed by atoms with E-state index in [1.807, 2.05) is 0 Å². The van der Waals surface area contributed by atoms with E-state index in [1.54, 1.807) is 0 Å². The minimum absolute atomic E-state index is 0.0614. The Bertz CT molecular complexity index is 689. The second-order valence-electron chi connectivity index (χ2n) is 14.3. The van der Waals surface area contributed by atoms with Crippen LogP contribution in [0.3, 0.4) is 0 Å². The van der Waals surface area contributed by atoms with Crippen molar-refractivity contribution >= 4 is 23.5 Å².